The maximum atomic E-state index is 11.7. The molecule has 0 spiro atoms. The summed E-state index contributed by atoms with van der Waals surface area (Å²) in [4.78, 5) is 23.9. The largest absolute Gasteiger partial charge is 0.550 e. The normalized spacial score (nSPS) is 19.1. The van der Waals surface area contributed by atoms with E-state index in [9.17, 15) is 14.7 Å². The molecule has 5 heteroatoms. The van der Waals surface area contributed by atoms with E-state index in [4.69, 9.17) is 4.74 Å². The summed E-state index contributed by atoms with van der Waals surface area (Å²) < 4.78 is 5.30. The lowest BCUT2D eigenvalue weighted by molar-refractivity contribution is -0.310. The molecule has 1 aromatic rings. The average Bonchev–Trinajstić information content (AvgIpc) is 2.73. The number of carboxylic acids is 1. The number of rotatable bonds is 4. The van der Waals surface area contributed by atoms with Crippen molar-refractivity contribution in [2.24, 2.45) is 5.92 Å². The third-order valence-electron chi connectivity index (χ3n) is 2.92. The van der Waals surface area contributed by atoms with Crippen molar-refractivity contribution in [1.29, 1.82) is 0 Å². The van der Waals surface area contributed by atoms with Gasteiger partial charge in [-0.15, -0.1) is 0 Å². The SMILES string of the molecule is CCOc1ccc(N2C[C@@H](C(=O)[O-])CC2=O)cc1. The van der Waals surface area contributed by atoms with E-state index in [-0.39, 0.29) is 18.9 Å². The van der Waals surface area contributed by atoms with Crippen molar-refractivity contribution in [2.45, 2.75) is 13.3 Å². The molecule has 5 nitrogen and oxygen atoms in total. The van der Waals surface area contributed by atoms with Gasteiger partial charge in [0.05, 0.1) is 6.61 Å². The summed E-state index contributed by atoms with van der Waals surface area (Å²) in [6.45, 7) is 2.65. The molecule has 1 aliphatic heterocycles. The van der Waals surface area contributed by atoms with Gasteiger partial charge >= 0.3 is 0 Å². The summed E-state index contributed by atoms with van der Waals surface area (Å²) in [5.41, 5.74) is 0.687. The molecule has 18 heavy (non-hydrogen) atoms. The molecule has 1 amide bonds. The van der Waals surface area contributed by atoms with Crippen LogP contribution in [-0.2, 0) is 9.59 Å². The second-order valence-corrected chi connectivity index (χ2v) is 4.15. The van der Waals surface area contributed by atoms with Crippen LogP contribution in [0, 0.1) is 5.92 Å². The average molecular weight is 248 g/mol. The van der Waals surface area contributed by atoms with Crippen LogP contribution in [0.2, 0.25) is 0 Å². The van der Waals surface area contributed by atoms with E-state index >= 15 is 0 Å². The lowest BCUT2D eigenvalue weighted by atomic mass is 10.1. The van der Waals surface area contributed by atoms with E-state index in [0.29, 0.717) is 12.3 Å². The van der Waals surface area contributed by atoms with Crippen LogP contribution in [0.3, 0.4) is 0 Å². The van der Waals surface area contributed by atoms with Crippen LogP contribution in [0.25, 0.3) is 0 Å². The Morgan fingerprint density at radius 2 is 2.11 bits per heavy atom. The Morgan fingerprint density at radius 1 is 1.44 bits per heavy atom. The fraction of sp³-hybridized carbons (Fsp3) is 0.385. The zero-order valence-electron chi connectivity index (χ0n) is 10.1. The monoisotopic (exact) mass is 248 g/mol. The fourth-order valence-corrected chi connectivity index (χ4v) is 2.00. The van der Waals surface area contributed by atoms with Gasteiger partial charge in [-0.1, -0.05) is 0 Å². The lowest BCUT2D eigenvalue weighted by Gasteiger charge is -2.17. The van der Waals surface area contributed by atoms with Crippen LogP contribution in [0.1, 0.15) is 13.3 Å². The van der Waals surface area contributed by atoms with Crippen molar-refractivity contribution in [3.63, 3.8) is 0 Å². The van der Waals surface area contributed by atoms with Gasteiger partial charge in [-0.25, -0.2) is 0 Å². The maximum absolute atomic E-state index is 11.7. The van der Waals surface area contributed by atoms with Crippen molar-refractivity contribution >= 4 is 17.6 Å². The third kappa shape index (κ3) is 2.45. The van der Waals surface area contributed by atoms with Gasteiger partial charge in [0.1, 0.15) is 5.75 Å². The summed E-state index contributed by atoms with van der Waals surface area (Å²) in [6, 6.07) is 7.03. The minimum atomic E-state index is -1.17. The van der Waals surface area contributed by atoms with E-state index in [1.54, 1.807) is 24.3 Å². The summed E-state index contributed by atoms with van der Waals surface area (Å²) in [7, 11) is 0. The highest BCUT2D eigenvalue weighted by Crippen LogP contribution is 2.26. The quantitative estimate of drug-likeness (QED) is 0.762. The van der Waals surface area contributed by atoms with Crippen molar-refractivity contribution in [2.75, 3.05) is 18.1 Å². The van der Waals surface area contributed by atoms with Gasteiger partial charge in [0.25, 0.3) is 0 Å². The highest BCUT2D eigenvalue weighted by atomic mass is 16.5. The predicted octanol–water partition coefficient (Wildman–Crippen LogP) is 0.188. The molecule has 1 saturated heterocycles. The Bertz CT molecular complexity index is 455. The number of carbonyl (C=O) groups excluding carboxylic acids is 2. The Hall–Kier alpha value is -2.04. The van der Waals surface area contributed by atoms with Crippen molar-refractivity contribution in [3.05, 3.63) is 24.3 Å². The fourth-order valence-electron chi connectivity index (χ4n) is 2.00. The second-order valence-electron chi connectivity index (χ2n) is 4.15. The first-order chi connectivity index (χ1) is 8.61. The number of aliphatic carboxylic acids is 1. The first-order valence-electron chi connectivity index (χ1n) is 5.86. The van der Waals surface area contributed by atoms with Gasteiger partial charge in [-0.05, 0) is 31.2 Å². The molecule has 0 unspecified atom stereocenters. The molecule has 1 fully saturated rings. The molecule has 0 aliphatic carbocycles. The minimum absolute atomic E-state index is 0.00947. The summed E-state index contributed by atoms with van der Waals surface area (Å²) >= 11 is 0. The van der Waals surface area contributed by atoms with Crippen LogP contribution in [0.4, 0.5) is 5.69 Å². The molecule has 0 N–H and O–H groups in total. The van der Waals surface area contributed by atoms with E-state index in [1.807, 2.05) is 6.92 Å². The number of carbonyl (C=O) groups is 2. The summed E-state index contributed by atoms with van der Waals surface area (Å²) in [6.07, 6.45) is 0.00947. The molecule has 2 rings (SSSR count). The Morgan fingerprint density at radius 3 is 2.61 bits per heavy atom. The molecule has 0 radical (unpaired) electrons. The van der Waals surface area contributed by atoms with E-state index < -0.39 is 11.9 Å². The van der Waals surface area contributed by atoms with Crippen LogP contribution in [-0.4, -0.2) is 25.0 Å². The van der Waals surface area contributed by atoms with Gasteiger partial charge in [0, 0.05) is 30.5 Å². The van der Waals surface area contributed by atoms with Gasteiger partial charge in [-0.2, -0.15) is 0 Å². The zero-order valence-corrected chi connectivity index (χ0v) is 10.1. The molecular formula is C13H14NO4-. The molecule has 1 heterocycles. The molecule has 1 aromatic carbocycles. The number of hydrogen-bond donors (Lipinski definition) is 0. The molecule has 1 aliphatic rings. The first kappa shape index (κ1) is 12.4. The van der Waals surface area contributed by atoms with Crippen molar-refractivity contribution < 1.29 is 19.4 Å². The summed E-state index contributed by atoms with van der Waals surface area (Å²) in [5, 5.41) is 10.8. The van der Waals surface area contributed by atoms with Crippen molar-refractivity contribution in [1.82, 2.24) is 0 Å². The Labute approximate surface area is 105 Å². The van der Waals surface area contributed by atoms with E-state index in [1.165, 1.54) is 4.90 Å². The van der Waals surface area contributed by atoms with E-state index in [0.717, 1.165) is 5.75 Å². The number of nitrogens with zero attached hydrogens (tertiary/aromatic N) is 1. The third-order valence-corrected chi connectivity index (χ3v) is 2.92. The van der Waals surface area contributed by atoms with E-state index in [2.05, 4.69) is 0 Å². The molecule has 0 aromatic heterocycles. The number of anilines is 1. The number of hydrogen-bond acceptors (Lipinski definition) is 4. The van der Waals surface area contributed by atoms with Crippen LogP contribution in [0.15, 0.2) is 24.3 Å². The van der Waals surface area contributed by atoms with Gasteiger partial charge < -0.3 is 19.5 Å². The minimum Gasteiger partial charge on any atom is -0.550 e. The molecule has 0 bridgehead atoms. The predicted molar refractivity (Wildman–Crippen MR) is 63.1 cm³/mol. The molecule has 0 saturated carbocycles. The number of benzene rings is 1. The first-order valence-corrected chi connectivity index (χ1v) is 5.86. The molecule has 1 atom stereocenters. The molecular weight excluding hydrogens is 234 g/mol. The topological polar surface area (TPSA) is 69.7 Å². The number of carboxylic acid groups (broad SMARTS) is 1. The smallest absolute Gasteiger partial charge is 0.227 e. The van der Waals surface area contributed by atoms with Gasteiger partial charge in [0.2, 0.25) is 5.91 Å². The Balaban J connectivity index is 2.12. The highest BCUT2D eigenvalue weighted by Gasteiger charge is 2.31. The second kappa shape index (κ2) is 5.08. The number of amides is 1. The van der Waals surface area contributed by atoms with Crippen LogP contribution < -0.4 is 14.7 Å². The maximum Gasteiger partial charge on any atom is 0.227 e. The van der Waals surface area contributed by atoms with Crippen molar-refractivity contribution in [3.8, 4) is 5.75 Å². The zero-order chi connectivity index (χ0) is 13.1. The van der Waals surface area contributed by atoms with Gasteiger partial charge in [0.15, 0.2) is 0 Å². The number of ether oxygens (including phenoxy) is 1. The lowest BCUT2D eigenvalue weighted by Crippen LogP contribution is -2.33. The highest BCUT2D eigenvalue weighted by molar-refractivity contribution is 5.98. The molecule has 96 valence electrons. The van der Waals surface area contributed by atoms with Crippen LogP contribution >= 0.6 is 0 Å². The Kier molecular flexibility index (Phi) is 3.50. The van der Waals surface area contributed by atoms with Crippen LogP contribution in [0.5, 0.6) is 5.75 Å². The van der Waals surface area contributed by atoms with Gasteiger partial charge in [-0.3, -0.25) is 4.79 Å². The summed E-state index contributed by atoms with van der Waals surface area (Å²) in [5.74, 6) is -1.35. The standard InChI is InChI=1S/C13H15NO4/c1-2-18-11-5-3-10(4-6-11)14-8-9(13(16)17)7-12(14)15/h3-6,9H,2,7-8H2,1H3,(H,16,17)/p-1/t9-/m0/s1.